The molecule has 1 N–H and O–H groups in total. The zero-order chi connectivity index (χ0) is 29.8. The van der Waals surface area contributed by atoms with Gasteiger partial charge in [-0.1, -0.05) is 46.8 Å². The predicted molar refractivity (Wildman–Crippen MR) is 161 cm³/mol. The summed E-state index contributed by atoms with van der Waals surface area (Å²) < 4.78 is 32.9. The second-order valence-electron chi connectivity index (χ2n) is 11.9. The van der Waals surface area contributed by atoms with Crippen LogP contribution < -0.4 is 15.5 Å². The molecule has 1 unspecified atom stereocenters. The van der Waals surface area contributed by atoms with Gasteiger partial charge in [0.15, 0.2) is 8.32 Å². The highest BCUT2D eigenvalue weighted by Gasteiger charge is 2.38. The van der Waals surface area contributed by atoms with Gasteiger partial charge < -0.3 is 23.8 Å². The Balaban J connectivity index is 2.17. The maximum absolute atomic E-state index is 13.7. The molecule has 0 amide bonds. The molecular weight excluding hydrogens is 527 g/mol. The third kappa shape index (κ3) is 6.93. The van der Waals surface area contributed by atoms with Crippen LogP contribution in [0.3, 0.4) is 0 Å². The first-order valence-corrected chi connectivity index (χ1v) is 16.7. The van der Waals surface area contributed by atoms with Gasteiger partial charge in [0.25, 0.3) is 0 Å². The highest BCUT2D eigenvalue weighted by atomic mass is 28.4. The molecule has 1 heterocycles. The molecule has 3 rings (SSSR count). The number of nitrogens with one attached hydrogen (secondary N) is 1. The molecule has 0 aliphatic carbocycles. The van der Waals surface area contributed by atoms with E-state index in [4.69, 9.17) is 13.9 Å². The minimum absolute atomic E-state index is 0.0259. The van der Waals surface area contributed by atoms with Crippen LogP contribution in [0.1, 0.15) is 63.5 Å². The molecule has 0 saturated heterocycles. The molecule has 1 atom stereocenters. The summed E-state index contributed by atoms with van der Waals surface area (Å²) in [4.78, 5) is 26.6. The molecule has 0 fully saturated rings. The van der Waals surface area contributed by atoms with Gasteiger partial charge in [-0.05, 0) is 54.7 Å². The van der Waals surface area contributed by atoms with E-state index in [1.54, 1.807) is 38.4 Å². The Morgan fingerprint density at radius 3 is 2.33 bits per heavy atom. The lowest BCUT2D eigenvalue weighted by Gasteiger charge is -2.38. The first kappa shape index (κ1) is 31.4. The highest BCUT2D eigenvalue weighted by Crippen LogP contribution is 2.38. The van der Waals surface area contributed by atoms with Crippen molar-refractivity contribution >= 4 is 30.9 Å². The fourth-order valence-corrected chi connectivity index (χ4v) is 5.24. The van der Waals surface area contributed by atoms with Gasteiger partial charge >= 0.3 is 5.97 Å². The quantitative estimate of drug-likeness (QED) is 0.195. The number of hydrogen-bond acceptors (Lipinski definition) is 6. The van der Waals surface area contributed by atoms with Crippen LogP contribution in [0.4, 0.5) is 10.1 Å². The average molecular weight is 571 g/mol. The van der Waals surface area contributed by atoms with Gasteiger partial charge in [-0.15, -0.1) is 0 Å². The Bertz CT molecular complexity index is 1390. The Morgan fingerprint density at radius 2 is 1.77 bits per heavy atom. The Kier molecular flexibility index (Phi) is 9.84. The number of ether oxygens (including phenoxy) is 2. The maximum atomic E-state index is 13.7. The lowest BCUT2D eigenvalue weighted by Crippen LogP contribution is -2.42. The number of benzene rings is 2. The topological polar surface area (TPSA) is 78.8 Å². The number of anilines is 1. The van der Waals surface area contributed by atoms with Crippen LogP contribution in [0.25, 0.3) is 10.9 Å². The van der Waals surface area contributed by atoms with Gasteiger partial charge in [-0.3, -0.25) is 4.79 Å². The van der Waals surface area contributed by atoms with E-state index in [9.17, 15) is 14.0 Å². The number of hydrogen-bond donors (Lipinski definition) is 1. The van der Waals surface area contributed by atoms with Crippen molar-refractivity contribution in [3.8, 4) is 5.75 Å². The second kappa shape index (κ2) is 12.6. The zero-order valence-corrected chi connectivity index (χ0v) is 26.2. The summed E-state index contributed by atoms with van der Waals surface area (Å²) in [5.74, 6) is -0.295. The Labute approximate surface area is 237 Å². The average Bonchev–Trinajstić information content (AvgIpc) is 2.88. The number of carbonyl (C=O) groups is 1. The van der Waals surface area contributed by atoms with E-state index in [0.29, 0.717) is 35.5 Å². The third-order valence-corrected chi connectivity index (χ3v) is 12.3. The van der Waals surface area contributed by atoms with Gasteiger partial charge in [0.2, 0.25) is 5.43 Å². The molecule has 0 radical (unpaired) electrons. The number of rotatable bonds is 11. The van der Waals surface area contributed by atoms with E-state index < -0.39 is 19.7 Å². The van der Waals surface area contributed by atoms with E-state index in [-0.39, 0.29) is 35.0 Å². The first-order chi connectivity index (χ1) is 18.7. The van der Waals surface area contributed by atoms with E-state index in [1.807, 2.05) is 10.6 Å². The second-order valence-corrected chi connectivity index (χ2v) is 16.7. The first-order valence-electron chi connectivity index (χ1n) is 13.8. The SMILES string of the molecule is CCOC(=O)c1cn(C(CO[Si](C)(C)C(C)(C)C)C(C)C)c2cc(OC)c(NCc3ccc(F)cc3)cc2c1=O. The monoisotopic (exact) mass is 570 g/mol. The van der Waals surface area contributed by atoms with Crippen LogP contribution in [-0.4, -0.2) is 39.2 Å². The molecule has 0 aliphatic heterocycles. The number of nitrogens with zero attached hydrogens (tertiary/aromatic N) is 1. The van der Waals surface area contributed by atoms with Crippen LogP contribution in [0.15, 0.2) is 47.4 Å². The number of aromatic nitrogens is 1. The lowest BCUT2D eigenvalue weighted by molar-refractivity contribution is 0.0523. The molecule has 40 heavy (non-hydrogen) atoms. The van der Waals surface area contributed by atoms with Crippen molar-refractivity contribution in [2.45, 2.75) is 72.3 Å². The predicted octanol–water partition coefficient (Wildman–Crippen LogP) is 7.16. The molecule has 0 bridgehead atoms. The molecule has 2 aromatic carbocycles. The summed E-state index contributed by atoms with van der Waals surface area (Å²) in [6.07, 6.45) is 1.60. The summed E-state index contributed by atoms with van der Waals surface area (Å²) in [5.41, 5.74) is 1.65. The molecule has 0 spiro atoms. The normalized spacial score (nSPS) is 13.0. The molecule has 1 aromatic heterocycles. The third-order valence-electron chi connectivity index (χ3n) is 7.79. The molecule has 218 valence electrons. The number of pyridine rings is 1. The Morgan fingerprint density at radius 1 is 1.12 bits per heavy atom. The van der Waals surface area contributed by atoms with Crippen LogP contribution in [0.2, 0.25) is 18.1 Å². The van der Waals surface area contributed by atoms with Gasteiger partial charge in [-0.2, -0.15) is 0 Å². The van der Waals surface area contributed by atoms with Gasteiger partial charge in [0, 0.05) is 24.2 Å². The molecule has 3 aromatic rings. The van der Waals surface area contributed by atoms with Crippen molar-refractivity contribution in [1.29, 1.82) is 0 Å². The van der Waals surface area contributed by atoms with Crippen LogP contribution in [0, 0.1) is 11.7 Å². The minimum atomic E-state index is -2.07. The summed E-state index contributed by atoms with van der Waals surface area (Å²) in [6.45, 7) is 17.9. The van der Waals surface area contributed by atoms with Gasteiger partial charge in [0.1, 0.15) is 17.1 Å². The van der Waals surface area contributed by atoms with Gasteiger partial charge in [-0.25, -0.2) is 9.18 Å². The van der Waals surface area contributed by atoms with E-state index in [1.165, 1.54) is 12.1 Å². The van der Waals surface area contributed by atoms with Crippen molar-refractivity contribution in [2.75, 3.05) is 25.6 Å². The van der Waals surface area contributed by atoms with Crippen molar-refractivity contribution in [2.24, 2.45) is 5.92 Å². The molecular formula is C31H43FN2O5Si. The maximum Gasteiger partial charge on any atom is 0.343 e. The Hall–Kier alpha value is -3.17. The highest BCUT2D eigenvalue weighted by molar-refractivity contribution is 6.74. The molecule has 9 heteroatoms. The number of methoxy groups -OCH3 is 1. The van der Waals surface area contributed by atoms with E-state index in [0.717, 1.165) is 5.56 Å². The molecule has 7 nitrogen and oxygen atoms in total. The largest absolute Gasteiger partial charge is 0.495 e. The van der Waals surface area contributed by atoms with E-state index >= 15 is 0 Å². The molecule has 0 saturated carbocycles. The van der Waals surface area contributed by atoms with Gasteiger partial charge in [0.05, 0.1) is 37.6 Å². The van der Waals surface area contributed by atoms with E-state index in [2.05, 4.69) is 53.0 Å². The van der Waals surface area contributed by atoms with Crippen molar-refractivity contribution in [3.63, 3.8) is 0 Å². The zero-order valence-electron chi connectivity index (χ0n) is 25.2. The smallest absolute Gasteiger partial charge is 0.343 e. The number of esters is 1. The fraction of sp³-hybridized carbons (Fsp3) is 0.484. The standard InChI is InChI=1S/C31H43FN2O5Si/c1-10-38-30(36)24-18-34(27(20(2)3)19-39-40(8,9)31(4,5)6)26-16-28(37-7)25(15-23(26)29(24)35)33-17-21-11-13-22(32)14-12-21/h11-16,18,20,27,33H,10,17,19H2,1-9H3. The van der Waals surface area contributed by atoms with Crippen LogP contribution in [0.5, 0.6) is 5.75 Å². The summed E-state index contributed by atoms with van der Waals surface area (Å²) in [5, 5.41) is 3.69. The summed E-state index contributed by atoms with van der Waals surface area (Å²) in [7, 11) is -0.501. The molecule has 0 aliphatic rings. The van der Waals surface area contributed by atoms with Crippen molar-refractivity contribution < 1.29 is 23.1 Å². The summed E-state index contributed by atoms with van der Waals surface area (Å²) >= 11 is 0. The van der Waals surface area contributed by atoms with Crippen LogP contribution >= 0.6 is 0 Å². The van der Waals surface area contributed by atoms with Crippen molar-refractivity contribution in [1.82, 2.24) is 4.57 Å². The number of fused-ring (bicyclic) bond motifs is 1. The van der Waals surface area contributed by atoms with Crippen molar-refractivity contribution in [3.05, 3.63) is 69.8 Å². The number of halogens is 1. The fourth-order valence-electron chi connectivity index (χ4n) is 4.22. The number of carbonyl (C=O) groups excluding carboxylic acids is 1. The lowest BCUT2D eigenvalue weighted by atomic mass is 10.0. The minimum Gasteiger partial charge on any atom is -0.495 e. The van der Waals surface area contributed by atoms with Crippen LogP contribution in [-0.2, 0) is 15.7 Å². The summed E-state index contributed by atoms with van der Waals surface area (Å²) in [6, 6.07) is 9.56.